The van der Waals surface area contributed by atoms with Gasteiger partial charge in [0.1, 0.15) is 22.7 Å². The summed E-state index contributed by atoms with van der Waals surface area (Å²) < 4.78 is 17.6. The second kappa shape index (κ2) is 7.09. The lowest BCUT2D eigenvalue weighted by atomic mass is 9.78. The molecule has 0 aliphatic carbocycles. The monoisotopic (exact) mass is 340 g/mol. The molecular weight excluding hydrogens is 312 g/mol. The van der Waals surface area contributed by atoms with Crippen LogP contribution < -0.4 is 9.47 Å². The van der Waals surface area contributed by atoms with E-state index < -0.39 is 0 Å². The summed E-state index contributed by atoms with van der Waals surface area (Å²) in [5, 5.41) is 0. The molecule has 0 aromatic heterocycles. The summed E-state index contributed by atoms with van der Waals surface area (Å²) in [5.74, 6) is 1.81. The molecule has 2 aromatic rings. The van der Waals surface area contributed by atoms with Gasteiger partial charge in [-0.05, 0) is 62.1 Å². The Hall–Kier alpha value is -2.00. The van der Waals surface area contributed by atoms with Crippen molar-refractivity contribution in [2.75, 3.05) is 13.2 Å². The SMILES string of the molecule is CCOc1ccc(C2(CC)OC2(CC)c2ccc(OCC)cc2)cc1. The Labute approximate surface area is 150 Å². The zero-order valence-corrected chi connectivity index (χ0v) is 15.7. The maximum absolute atomic E-state index is 6.48. The average molecular weight is 340 g/mol. The van der Waals surface area contributed by atoms with Gasteiger partial charge in [0.25, 0.3) is 0 Å². The molecule has 0 saturated carbocycles. The summed E-state index contributed by atoms with van der Waals surface area (Å²) in [4.78, 5) is 0. The van der Waals surface area contributed by atoms with Gasteiger partial charge in [0.2, 0.25) is 0 Å². The van der Waals surface area contributed by atoms with Gasteiger partial charge in [-0.25, -0.2) is 0 Å². The molecule has 1 heterocycles. The number of ether oxygens (including phenoxy) is 3. The molecule has 0 spiro atoms. The van der Waals surface area contributed by atoms with E-state index >= 15 is 0 Å². The molecule has 0 N–H and O–H groups in total. The summed E-state index contributed by atoms with van der Waals surface area (Å²) in [5.41, 5.74) is 1.91. The molecule has 134 valence electrons. The highest BCUT2D eigenvalue weighted by atomic mass is 16.6. The van der Waals surface area contributed by atoms with Crippen LogP contribution in [0.15, 0.2) is 48.5 Å². The second-order valence-electron chi connectivity index (χ2n) is 6.38. The van der Waals surface area contributed by atoms with Gasteiger partial charge in [-0.2, -0.15) is 0 Å². The van der Waals surface area contributed by atoms with E-state index in [9.17, 15) is 0 Å². The molecule has 0 radical (unpaired) electrons. The van der Waals surface area contributed by atoms with Crippen molar-refractivity contribution in [3.8, 4) is 11.5 Å². The smallest absolute Gasteiger partial charge is 0.127 e. The number of hydrogen-bond acceptors (Lipinski definition) is 3. The highest BCUT2D eigenvalue weighted by Gasteiger charge is 2.69. The summed E-state index contributed by atoms with van der Waals surface area (Å²) in [7, 11) is 0. The van der Waals surface area contributed by atoms with Crippen LogP contribution in [0.4, 0.5) is 0 Å². The summed E-state index contributed by atoms with van der Waals surface area (Å²) in [6.45, 7) is 9.75. The fraction of sp³-hybridized carbons (Fsp3) is 0.455. The molecule has 3 rings (SSSR count). The van der Waals surface area contributed by atoms with E-state index in [0.29, 0.717) is 13.2 Å². The summed E-state index contributed by atoms with van der Waals surface area (Å²) in [6, 6.07) is 16.7. The van der Waals surface area contributed by atoms with Gasteiger partial charge in [0, 0.05) is 0 Å². The first-order valence-corrected chi connectivity index (χ1v) is 9.32. The first kappa shape index (κ1) is 17.8. The zero-order valence-electron chi connectivity index (χ0n) is 15.7. The molecular formula is C22H28O3. The molecule has 1 saturated heterocycles. The molecule has 1 aliphatic rings. The lowest BCUT2D eigenvalue weighted by Gasteiger charge is -2.19. The van der Waals surface area contributed by atoms with Gasteiger partial charge in [-0.1, -0.05) is 38.1 Å². The van der Waals surface area contributed by atoms with Crippen molar-refractivity contribution in [2.45, 2.75) is 51.7 Å². The summed E-state index contributed by atoms with van der Waals surface area (Å²) >= 11 is 0. The molecule has 2 aromatic carbocycles. The van der Waals surface area contributed by atoms with Gasteiger partial charge >= 0.3 is 0 Å². The standard InChI is InChI=1S/C22H28O3/c1-5-21(17-9-13-19(14-10-17)23-7-3)22(6-2,25-21)18-11-15-20(16-12-18)24-8-4/h9-16H,5-8H2,1-4H3. The molecule has 3 nitrogen and oxygen atoms in total. The van der Waals surface area contributed by atoms with Crippen LogP contribution in [0.5, 0.6) is 11.5 Å². The van der Waals surface area contributed by atoms with Gasteiger partial charge < -0.3 is 14.2 Å². The van der Waals surface area contributed by atoms with Crippen molar-refractivity contribution in [3.63, 3.8) is 0 Å². The van der Waals surface area contributed by atoms with Crippen molar-refractivity contribution >= 4 is 0 Å². The van der Waals surface area contributed by atoms with E-state index in [-0.39, 0.29) is 11.2 Å². The predicted molar refractivity (Wildman–Crippen MR) is 100 cm³/mol. The largest absolute Gasteiger partial charge is 0.494 e. The highest BCUT2D eigenvalue weighted by Crippen LogP contribution is 2.66. The lowest BCUT2D eigenvalue weighted by Crippen LogP contribution is -2.21. The van der Waals surface area contributed by atoms with E-state index in [2.05, 4.69) is 38.1 Å². The van der Waals surface area contributed by atoms with Crippen LogP contribution in [0.25, 0.3) is 0 Å². The van der Waals surface area contributed by atoms with Crippen LogP contribution in [0.2, 0.25) is 0 Å². The molecule has 25 heavy (non-hydrogen) atoms. The Morgan fingerprint density at radius 1 is 0.640 bits per heavy atom. The van der Waals surface area contributed by atoms with Gasteiger partial charge in [0.05, 0.1) is 13.2 Å². The number of benzene rings is 2. The minimum atomic E-state index is -0.264. The van der Waals surface area contributed by atoms with E-state index in [1.807, 2.05) is 38.1 Å². The van der Waals surface area contributed by atoms with Crippen LogP contribution in [0.1, 0.15) is 51.7 Å². The Morgan fingerprint density at radius 2 is 1.00 bits per heavy atom. The number of epoxide rings is 1. The second-order valence-corrected chi connectivity index (χ2v) is 6.38. The minimum absolute atomic E-state index is 0.264. The van der Waals surface area contributed by atoms with E-state index in [0.717, 1.165) is 24.3 Å². The fourth-order valence-electron chi connectivity index (χ4n) is 3.95. The van der Waals surface area contributed by atoms with E-state index in [1.165, 1.54) is 11.1 Å². The highest BCUT2D eigenvalue weighted by molar-refractivity contribution is 5.44. The first-order valence-electron chi connectivity index (χ1n) is 9.32. The van der Waals surface area contributed by atoms with Crippen molar-refractivity contribution < 1.29 is 14.2 Å². The van der Waals surface area contributed by atoms with Gasteiger partial charge in [-0.15, -0.1) is 0 Å². The average Bonchev–Trinajstić information content (AvgIpc) is 3.34. The van der Waals surface area contributed by atoms with Crippen molar-refractivity contribution in [1.82, 2.24) is 0 Å². The quantitative estimate of drug-likeness (QED) is 0.601. The topological polar surface area (TPSA) is 31.0 Å². The van der Waals surface area contributed by atoms with Gasteiger partial charge in [0.15, 0.2) is 0 Å². The minimum Gasteiger partial charge on any atom is -0.494 e. The third kappa shape index (κ3) is 2.91. The molecule has 1 aliphatic heterocycles. The van der Waals surface area contributed by atoms with Crippen molar-refractivity contribution in [3.05, 3.63) is 59.7 Å². The number of hydrogen-bond donors (Lipinski definition) is 0. The van der Waals surface area contributed by atoms with Gasteiger partial charge in [-0.3, -0.25) is 0 Å². The third-order valence-corrected chi connectivity index (χ3v) is 5.22. The molecule has 3 heteroatoms. The van der Waals surface area contributed by atoms with Crippen molar-refractivity contribution in [1.29, 1.82) is 0 Å². The Bertz CT molecular complexity index is 631. The molecule has 0 bridgehead atoms. The molecule has 2 unspecified atom stereocenters. The first-order chi connectivity index (χ1) is 12.2. The van der Waals surface area contributed by atoms with Crippen LogP contribution in [-0.4, -0.2) is 13.2 Å². The maximum Gasteiger partial charge on any atom is 0.127 e. The third-order valence-electron chi connectivity index (χ3n) is 5.22. The van der Waals surface area contributed by atoms with Crippen LogP contribution in [0, 0.1) is 0 Å². The lowest BCUT2D eigenvalue weighted by molar-refractivity contribution is 0.255. The zero-order chi connectivity index (χ0) is 17.9. The molecule has 1 fully saturated rings. The molecule has 0 amide bonds. The Kier molecular flexibility index (Phi) is 5.05. The van der Waals surface area contributed by atoms with E-state index in [1.54, 1.807) is 0 Å². The van der Waals surface area contributed by atoms with E-state index in [4.69, 9.17) is 14.2 Å². The van der Waals surface area contributed by atoms with Crippen LogP contribution in [0.3, 0.4) is 0 Å². The van der Waals surface area contributed by atoms with Crippen LogP contribution in [-0.2, 0) is 15.9 Å². The predicted octanol–water partition coefficient (Wildman–Crippen LogP) is 5.43. The molecule has 2 atom stereocenters. The Morgan fingerprint density at radius 3 is 1.28 bits per heavy atom. The number of rotatable bonds is 8. The fourth-order valence-corrected chi connectivity index (χ4v) is 3.95. The van der Waals surface area contributed by atoms with Crippen LogP contribution >= 0.6 is 0 Å². The normalized spacial score (nSPS) is 24.8. The maximum atomic E-state index is 6.48. The summed E-state index contributed by atoms with van der Waals surface area (Å²) in [6.07, 6.45) is 1.87. The van der Waals surface area contributed by atoms with Crippen molar-refractivity contribution in [2.24, 2.45) is 0 Å². The Balaban J connectivity index is 1.91.